The zero-order valence-electron chi connectivity index (χ0n) is 11.2. The van der Waals surface area contributed by atoms with Crippen LogP contribution in [0.1, 0.15) is 52.4 Å². The minimum absolute atomic E-state index is 0.00645. The summed E-state index contributed by atoms with van der Waals surface area (Å²) in [5.41, 5.74) is 5.74. The van der Waals surface area contributed by atoms with Gasteiger partial charge in [0.05, 0.1) is 0 Å². The van der Waals surface area contributed by atoms with Crippen molar-refractivity contribution in [3.05, 3.63) is 0 Å². The van der Waals surface area contributed by atoms with Crippen molar-refractivity contribution in [2.24, 2.45) is 17.1 Å². The van der Waals surface area contributed by atoms with Crippen LogP contribution in [0.15, 0.2) is 0 Å². The lowest BCUT2D eigenvalue weighted by Gasteiger charge is -2.43. The molecule has 0 spiro atoms. The Morgan fingerprint density at radius 2 is 2.18 bits per heavy atom. The third kappa shape index (κ3) is 2.22. The van der Waals surface area contributed by atoms with Gasteiger partial charge in [-0.2, -0.15) is 0 Å². The first-order valence-electron chi connectivity index (χ1n) is 7.14. The predicted octanol–water partition coefficient (Wildman–Crippen LogP) is 2.15. The first kappa shape index (κ1) is 12.9. The molecule has 1 amide bonds. The Labute approximate surface area is 105 Å². The van der Waals surface area contributed by atoms with Crippen molar-refractivity contribution in [2.75, 3.05) is 13.1 Å². The van der Waals surface area contributed by atoms with Crippen LogP contribution in [-0.4, -0.2) is 29.9 Å². The van der Waals surface area contributed by atoms with Crippen LogP contribution in [0.3, 0.4) is 0 Å². The Kier molecular flexibility index (Phi) is 3.76. The quantitative estimate of drug-likeness (QED) is 0.815. The molecule has 98 valence electrons. The highest BCUT2D eigenvalue weighted by Crippen LogP contribution is 2.47. The summed E-state index contributed by atoms with van der Waals surface area (Å²) in [4.78, 5) is 14.8. The van der Waals surface area contributed by atoms with E-state index in [9.17, 15) is 4.79 Å². The molecular weight excluding hydrogens is 212 g/mol. The number of rotatable bonds is 4. The van der Waals surface area contributed by atoms with Crippen molar-refractivity contribution in [2.45, 2.75) is 58.4 Å². The monoisotopic (exact) mass is 238 g/mol. The molecule has 1 saturated carbocycles. The number of likely N-dealkylation sites (tertiary alicyclic amines) is 1. The van der Waals surface area contributed by atoms with E-state index >= 15 is 0 Å². The zero-order valence-corrected chi connectivity index (χ0v) is 11.2. The van der Waals surface area contributed by atoms with Crippen molar-refractivity contribution in [3.8, 4) is 0 Å². The fourth-order valence-electron chi connectivity index (χ4n) is 3.55. The fourth-order valence-corrected chi connectivity index (χ4v) is 3.55. The van der Waals surface area contributed by atoms with Crippen LogP contribution in [0.25, 0.3) is 0 Å². The van der Waals surface area contributed by atoms with Gasteiger partial charge in [0.15, 0.2) is 0 Å². The maximum Gasteiger partial charge on any atom is 0.229 e. The van der Waals surface area contributed by atoms with Crippen molar-refractivity contribution < 1.29 is 4.79 Å². The van der Waals surface area contributed by atoms with E-state index in [4.69, 9.17) is 5.73 Å². The summed E-state index contributed by atoms with van der Waals surface area (Å²) in [5, 5.41) is 0. The van der Waals surface area contributed by atoms with E-state index in [1.54, 1.807) is 0 Å². The number of nitrogens with zero attached hydrogens (tertiary/aromatic N) is 1. The van der Waals surface area contributed by atoms with Gasteiger partial charge in [0.25, 0.3) is 0 Å². The fraction of sp³-hybridized carbons (Fsp3) is 0.929. The van der Waals surface area contributed by atoms with Gasteiger partial charge in [0.1, 0.15) is 0 Å². The topological polar surface area (TPSA) is 46.3 Å². The Morgan fingerprint density at radius 3 is 2.59 bits per heavy atom. The Bertz CT molecular complexity index is 286. The van der Waals surface area contributed by atoms with Crippen molar-refractivity contribution in [1.29, 1.82) is 0 Å². The molecule has 2 fully saturated rings. The highest BCUT2D eigenvalue weighted by atomic mass is 16.2. The number of hydrogen-bond acceptors (Lipinski definition) is 2. The summed E-state index contributed by atoms with van der Waals surface area (Å²) in [6.07, 6.45) is 6.72. The smallest absolute Gasteiger partial charge is 0.229 e. The lowest BCUT2D eigenvalue weighted by Crippen LogP contribution is -2.49. The van der Waals surface area contributed by atoms with Gasteiger partial charge in [0, 0.05) is 18.0 Å². The minimum Gasteiger partial charge on any atom is -0.339 e. The molecule has 0 aromatic heterocycles. The van der Waals surface area contributed by atoms with Crippen LogP contribution in [0.2, 0.25) is 0 Å². The molecule has 2 N–H and O–H groups in total. The summed E-state index contributed by atoms with van der Waals surface area (Å²) >= 11 is 0. The van der Waals surface area contributed by atoms with Gasteiger partial charge in [0.2, 0.25) is 5.91 Å². The Morgan fingerprint density at radius 1 is 1.47 bits per heavy atom. The molecule has 0 aromatic carbocycles. The summed E-state index contributed by atoms with van der Waals surface area (Å²) in [7, 11) is 0. The highest BCUT2D eigenvalue weighted by molar-refractivity contribution is 5.84. The number of nitrogens with two attached hydrogens (primary N) is 1. The maximum absolute atomic E-state index is 12.7. The van der Waals surface area contributed by atoms with Crippen LogP contribution >= 0.6 is 0 Å². The van der Waals surface area contributed by atoms with Crippen molar-refractivity contribution in [1.82, 2.24) is 4.90 Å². The van der Waals surface area contributed by atoms with E-state index in [0.717, 1.165) is 45.2 Å². The molecule has 1 heterocycles. The molecule has 3 nitrogen and oxygen atoms in total. The Balaban J connectivity index is 2.04. The molecule has 3 heteroatoms. The minimum atomic E-state index is 0.00645. The zero-order chi connectivity index (χ0) is 12.5. The molecule has 0 radical (unpaired) electrons. The summed E-state index contributed by atoms with van der Waals surface area (Å²) in [5.74, 6) is 0.946. The number of carbonyl (C=O) groups excluding carboxylic acids is 1. The third-order valence-electron chi connectivity index (χ3n) is 4.75. The SMILES string of the molecule is CCCC1(C(=O)N2CC(CN)CC2C)CCC1. The molecule has 1 aliphatic heterocycles. The van der Waals surface area contributed by atoms with Crippen LogP contribution in [0.4, 0.5) is 0 Å². The maximum atomic E-state index is 12.7. The van der Waals surface area contributed by atoms with Gasteiger partial charge >= 0.3 is 0 Å². The van der Waals surface area contributed by atoms with E-state index < -0.39 is 0 Å². The lowest BCUT2D eigenvalue weighted by atomic mass is 9.65. The van der Waals surface area contributed by atoms with Crippen molar-refractivity contribution >= 4 is 5.91 Å². The van der Waals surface area contributed by atoms with E-state index in [0.29, 0.717) is 17.9 Å². The Hall–Kier alpha value is -0.570. The lowest BCUT2D eigenvalue weighted by molar-refractivity contribution is -0.148. The largest absolute Gasteiger partial charge is 0.339 e. The number of carbonyl (C=O) groups is 1. The average molecular weight is 238 g/mol. The van der Waals surface area contributed by atoms with Crippen LogP contribution in [0, 0.1) is 11.3 Å². The van der Waals surface area contributed by atoms with Crippen molar-refractivity contribution in [3.63, 3.8) is 0 Å². The third-order valence-corrected chi connectivity index (χ3v) is 4.75. The number of hydrogen-bond donors (Lipinski definition) is 1. The normalized spacial score (nSPS) is 31.4. The molecular formula is C14H26N2O. The highest BCUT2D eigenvalue weighted by Gasteiger charge is 2.47. The molecule has 2 atom stereocenters. The molecule has 2 rings (SSSR count). The summed E-state index contributed by atoms with van der Waals surface area (Å²) < 4.78 is 0. The van der Waals surface area contributed by atoms with E-state index in [1.165, 1.54) is 6.42 Å². The second-order valence-corrected chi connectivity index (χ2v) is 6.03. The molecule has 2 aliphatic rings. The number of amides is 1. The van der Waals surface area contributed by atoms with Gasteiger partial charge in [-0.15, -0.1) is 0 Å². The molecule has 1 saturated heterocycles. The van der Waals surface area contributed by atoms with E-state index in [2.05, 4.69) is 18.7 Å². The summed E-state index contributed by atoms with van der Waals surface area (Å²) in [6.45, 7) is 5.96. The molecule has 17 heavy (non-hydrogen) atoms. The van der Waals surface area contributed by atoms with E-state index in [1.807, 2.05) is 0 Å². The second-order valence-electron chi connectivity index (χ2n) is 6.03. The molecule has 0 bridgehead atoms. The predicted molar refractivity (Wildman–Crippen MR) is 69.5 cm³/mol. The van der Waals surface area contributed by atoms with Gasteiger partial charge in [-0.1, -0.05) is 19.8 Å². The van der Waals surface area contributed by atoms with Crippen LogP contribution in [-0.2, 0) is 4.79 Å². The van der Waals surface area contributed by atoms with Gasteiger partial charge in [-0.05, 0) is 45.1 Å². The van der Waals surface area contributed by atoms with Gasteiger partial charge in [-0.25, -0.2) is 0 Å². The molecule has 2 unspecified atom stereocenters. The van der Waals surface area contributed by atoms with Crippen LogP contribution in [0.5, 0.6) is 0 Å². The summed E-state index contributed by atoms with van der Waals surface area (Å²) in [6, 6.07) is 0.394. The molecule has 1 aliphatic carbocycles. The van der Waals surface area contributed by atoms with Gasteiger partial charge in [-0.3, -0.25) is 4.79 Å². The van der Waals surface area contributed by atoms with Gasteiger partial charge < -0.3 is 10.6 Å². The second kappa shape index (κ2) is 4.97. The van der Waals surface area contributed by atoms with Crippen LogP contribution < -0.4 is 5.73 Å². The molecule has 0 aromatic rings. The first-order valence-corrected chi connectivity index (χ1v) is 7.14. The standard InChI is InChI=1S/C14H26N2O/c1-3-5-14(6-4-7-14)13(17)16-10-12(9-15)8-11(16)2/h11-12H,3-10,15H2,1-2H3. The van der Waals surface area contributed by atoms with E-state index in [-0.39, 0.29) is 5.41 Å². The first-order chi connectivity index (χ1) is 8.13. The average Bonchev–Trinajstić information content (AvgIpc) is 2.64.